The second-order valence-corrected chi connectivity index (χ2v) is 5.95. The van der Waals surface area contributed by atoms with Crippen molar-refractivity contribution in [1.82, 2.24) is 10.6 Å². The molecular formula is C15H28N2O4. The minimum Gasteiger partial charge on any atom is -0.480 e. The van der Waals surface area contributed by atoms with Crippen LogP contribution in [0.1, 0.15) is 51.9 Å². The van der Waals surface area contributed by atoms with Gasteiger partial charge in [0.05, 0.1) is 0 Å². The number of urea groups is 1. The van der Waals surface area contributed by atoms with Crippen LogP contribution in [0.15, 0.2) is 0 Å². The van der Waals surface area contributed by atoms with E-state index in [1.165, 1.54) is 6.42 Å². The van der Waals surface area contributed by atoms with Gasteiger partial charge in [0.25, 0.3) is 0 Å². The van der Waals surface area contributed by atoms with E-state index in [1.54, 1.807) is 7.11 Å². The Labute approximate surface area is 126 Å². The Morgan fingerprint density at radius 2 is 2.05 bits per heavy atom. The van der Waals surface area contributed by atoms with Crippen molar-refractivity contribution in [3.63, 3.8) is 0 Å². The molecule has 0 bridgehead atoms. The number of carbonyl (C=O) groups is 2. The van der Waals surface area contributed by atoms with E-state index in [-0.39, 0.29) is 12.1 Å². The highest BCUT2D eigenvalue weighted by Crippen LogP contribution is 2.22. The zero-order valence-electron chi connectivity index (χ0n) is 13.1. The van der Waals surface area contributed by atoms with Gasteiger partial charge in [0.15, 0.2) is 0 Å². The normalized spacial score (nSPS) is 23.9. The molecule has 1 saturated carbocycles. The van der Waals surface area contributed by atoms with Crippen molar-refractivity contribution >= 4 is 12.0 Å². The first-order chi connectivity index (χ1) is 10.0. The van der Waals surface area contributed by atoms with Crippen molar-refractivity contribution < 1.29 is 19.4 Å². The molecule has 0 saturated heterocycles. The van der Waals surface area contributed by atoms with Crippen LogP contribution < -0.4 is 10.6 Å². The molecule has 6 heteroatoms. The van der Waals surface area contributed by atoms with E-state index in [0.29, 0.717) is 25.4 Å². The summed E-state index contributed by atoms with van der Waals surface area (Å²) in [5.74, 6) is -0.295. The van der Waals surface area contributed by atoms with Crippen LogP contribution >= 0.6 is 0 Å². The largest absolute Gasteiger partial charge is 0.480 e. The number of carboxylic acid groups (broad SMARTS) is 1. The zero-order chi connectivity index (χ0) is 15.7. The summed E-state index contributed by atoms with van der Waals surface area (Å²) in [7, 11) is 1.57. The van der Waals surface area contributed by atoms with Gasteiger partial charge in [0.1, 0.15) is 6.04 Å². The summed E-state index contributed by atoms with van der Waals surface area (Å²) < 4.78 is 4.90. The third-order valence-corrected chi connectivity index (χ3v) is 4.04. The molecule has 1 fully saturated rings. The number of nitrogens with one attached hydrogen (secondary N) is 2. The second kappa shape index (κ2) is 9.60. The quantitative estimate of drug-likeness (QED) is 0.496. The third-order valence-electron chi connectivity index (χ3n) is 4.04. The van der Waals surface area contributed by atoms with E-state index in [2.05, 4.69) is 17.6 Å². The highest BCUT2D eigenvalue weighted by Gasteiger charge is 2.22. The standard InChI is InChI=1S/C15H28N2O4/c1-11-5-3-6-12(9-8-11)16-15(20)17-13(14(18)19)7-4-10-21-2/h11-13H,3-10H2,1-2H3,(H,18,19)(H2,16,17,20). The number of amides is 2. The molecule has 3 unspecified atom stereocenters. The first-order valence-electron chi connectivity index (χ1n) is 7.81. The average Bonchev–Trinajstić information content (AvgIpc) is 2.62. The number of methoxy groups -OCH3 is 1. The fraction of sp³-hybridized carbons (Fsp3) is 0.867. The molecule has 0 spiro atoms. The summed E-state index contributed by atoms with van der Waals surface area (Å²) in [4.78, 5) is 23.1. The fourth-order valence-electron chi connectivity index (χ4n) is 2.71. The van der Waals surface area contributed by atoms with E-state index in [9.17, 15) is 9.59 Å². The van der Waals surface area contributed by atoms with Crippen LogP contribution in [0.25, 0.3) is 0 Å². The molecule has 3 N–H and O–H groups in total. The Morgan fingerprint density at radius 3 is 2.71 bits per heavy atom. The first-order valence-corrected chi connectivity index (χ1v) is 7.81. The molecule has 0 aromatic rings. The Hall–Kier alpha value is -1.30. The highest BCUT2D eigenvalue weighted by atomic mass is 16.5. The minimum absolute atomic E-state index is 0.156. The maximum absolute atomic E-state index is 11.9. The van der Waals surface area contributed by atoms with Gasteiger partial charge in [-0.3, -0.25) is 0 Å². The maximum Gasteiger partial charge on any atom is 0.326 e. The molecule has 0 aromatic heterocycles. The molecule has 2 amide bonds. The summed E-state index contributed by atoms with van der Waals surface area (Å²) in [6, 6.07) is -1.08. The molecule has 0 aliphatic heterocycles. The molecule has 1 aliphatic rings. The molecule has 0 heterocycles. The smallest absolute Gasteiger partial charge is 0.326 e. The molecule has 1 rings (SSSR count). The van der Waals surface area contributed by atoms with Gasteiger partial charge in [-0.2, -0.15) is 0 Å². The number of aliphatic carboxylic acids is 1. The van der Waals surface area contributed by atoms with Gasteiger partial charge < -0.3 is 20.5 Å². The summed E-state index contributed by atoms with van der Waals surface area (Å²) >= 11 is 0. The van der Waals surface area contributed by atoms with Crippen LogP contribution in [0, 0.1) is 5.92 Å². The van der Waals surface area contributed by atoms with Crippen molar-refractivity contribution in [3.8, 4) is 0 Å². The van der Waals surface area contributed by atoms with Crippen molar-refractivity contribution in [2.75, 3.05) is 13.7 Å². The topological polar surface area (TPSA) is 87.7 Å². The average molecular weight is 300 g/mol. The second-order valence-electron chi connectivity index (χ2n) is 5.95. The maximum atomic E-state index is 11.9. The van der Waals surface area contributed by atoms with Crippen LogP contribution in [0.4, 0.5) is 4.79 Å². The summed E-state index contributed by atoms with van der Waals surface area (Å²) in [6.45, 7) is 2.73. The predicted molar refractivity (Wildman–Crippen MR) is 80.2 cm³/mol. The van der Waals surface area contributed by atoms with Gasteiger partial charge in [-0.25, -0.2) is 9.59 Å². The number of ether oxygens (including phenoxy) is 1. The number of rotatable bonds is 7. The van der Waals surface area contributed by atoms with Crippen LogP contribution in [-0.4, -0.2) is 42.9 Å². The van der Waals surface area contributed by atoms with Crippen LogP contribution in [-0.2, 0) is 9.53 Å². The minimum atomic E-state index is -1.00. The molecule has 122 valence electrons. The van der Waals surface area contributed by atoms with Crippen LogP contribution in [0.2, 0.25) is 0 Å². The zero-order valence-corrected chi connectivity index (χ0v) is 13.1. The number of carboxylic acids is 1. The van der Waals surface area contributed by atoms with Gasteiger partial charge in [-0.15, -0.1) is 0 Å². The predicted octanol–water partition coefficient (Wildman–Crippen LogP) is 2.13. The lowest BCUT2D eigenvalue weighted by atomic mass is 10.0. The van der Waals surface area contributed by atoms with E-state index < -0.39 is 12.0 Å². The highest BCUT2D eigenvalue weighted by molar-refractivity contribution is 5.82. The summed E-state index contributed by atoms with van der Waals surface area (Å²) in [5.41, 5.74) is 0. The molecule has 6 nitrogen and oxygen atoms in total. The number of carbonyl (C=O) groups excluding carboxylic acids is 1. The lowest BCUT2D eigenvalue weighted by molar-refractivity contribution is -0.139. The summed E-state index contributed by atoms with van der Waals surface area (Å²) in [5, 5.41) is 14.6. The van der Waals surface area contributed by atoms with Crippen LogP contribution in [0.5, 0.6) is 0 Å². The lowest BCUT2D eigenvalue weighted by Crippen LogP contribution is -2.49. The van der Waals surface area contributed by atoms with E-state index in [1.807, 2.05) is 0 Å². The van der Waals surface area contributed by atoms with Crippen molar-refractivity contribution in [2.24, 2.45) is 5.92 Å². The van der Waals surface area contributed by atoms with E-state index in [4.69, 9.17) is 9.84 Å². The SMILES string of the molecule is COCCCC(NC(=O)NC1CCCC(C)CC1)C(=O)O. The molecule has 3 atom stereocenters. The molecule has 1 aliphatic carbocycles. The van der Waals surface area contributed by atoms with E-state index in [0.717, 1.165) is 25.7 Å². The first kappa shape index (κ1) is 17.8. The van der Waals surface area contributed by atoms with Gasteiger partial charge in [-0.05, 0) is 38.0 Å². The Bertz CT molecular complexity index is 336. The van der Waals surface area contributed by atoms with Gasteiger partial charge >= 0.3 is 12.0 Å². The van der Waals surface area contributed by atoms with Gasteiger partial charge in [0, 0.05) is 19.8 Å². The van der Waals surface area contributed by atoms with Crippen LogP contribution in [0.3, 0.4) is 0 Å². The van der Waals surface area contributed by atoms with E-state index >= 15 is 0 Å². The Balaban J connectivity index is 2.36. The number of hydrogen-bond donors (Lipinski definition) is 3. The van der Waals surface area contributed by atoms with Gasteiger partial charge in [0.2, 0.25) is 0 Å². The monoisotopic (exact) mass is 300 g/mol. The summed E-state index contributed by atoms with van der Waals surface area (Å²) in [6.07, 6.45) is 6.35. The van der Waals surface area contributed by atoms with Crippen molar-refractivity contribution in [3.05, 3.63) is 0 Å². The molecule has 0 radical (unpaired) electrons. The third kappa shape index (κ3) is 7.32. The Morgan fingerprint density at radius 1 is 1.29 bits per heavy atom. The van der Waals surface area contributed by atoms with Crippen molar-refractivity contribution in [2.45, 2.75) is 64.0 Å². The molecular weight excluding hydrogens is 272 g/mol. The fourth-order valence-corrected chi connectivity index (χ4v) is 2.71. The molecule has 21 heavy (non-hydrogen) atoms. The van der Waals surface area contributed by atoms with Gasteiger partial charge in [-0.1, -0.05) is 19.8 Å². The van der Waals surface area contributed by atoms with Crippen molar-refractivity contribution in [1.29, 1.82) is 0 Å². The molecule has 0 aromatic carbocycles. The lowest BCUT2D eigenvalue weighted by Gasteiger charge is -2.20. The number of hydrogen-bond acceptors (Lipinski definition) is 3. The Kier molecular flexibility index (Phi) is 8.12.